The van der Waals surface area contributed by atoms with Crippen molar-refractivity contribution in [3.63, 3.8) is 0 Å². The number of hydrogen-bond acceptors (Lipinski definition) is 1. The highest BCUT2D eigenvalue weighted by atomic mass is 14.7. The molecule has 10 heavy (non-hydrogen) atoms. The Morgan fingerprint density at radius 2 is 2.30 bits per heavy atom. The van der Waals surface area contributed by atoms with Crippen molar-refractivity contribution in [2.24, 2.45) is 10.9 Å². The van der Waals surface area contributed by atoms with Crippen LogP contribution in [0.25, 0.3) is 0 Å². The standard InChI is InChI=1S/C9H17N/c1-4-6-9(3)8-10-7-5-2/h4,7,9H,1,5-6,8H2,2-3H3. The molecule has 0 fully saturated rings. The Morgan fingerprint density at radius 1 is 1.60 bits per heavy atom. The van der Waals surface area contributed by atoms with Crippen molar-refractivity contribution >= 4 is 6.21 Å². The fourth-order valence-corrected chi connectivity index (χ4v) is 0.743. The minimum Gasteiger partial charge on any atom is -0.297 e. The van der Waals surface area contributed by atoms with Crippen molar-refractivity contribution in [2.45, 2.75) is 26.7 Å². The van der Waals surface area contributed by atoms with Gasteiger partial charge in [-0.2, -0.15) is 0 Å². The van der Waals surface area contributed by atoms with E-state index < -0.39 is 0 Å². The first-order valence-electron chi connectivity index (χ1n) is 3.90. The Labute approximate surface area is 63.9 Å². The first-order chi connectivity index (χ1) is 4.81. The van der Waals surface area contributed by atoms with Crippen LogP contribution in [0.2, 0.25) is 0 Å². The van der Waals surface area contributed by atoms with Gasteiger partial charge >= 0.3 is 0 Å². The molecule has 0 saturated carbocycles. The highest BCUT2D eigenvalue weighted by Crippen LogP contribution is 2.01. The van der Waals surface area contributed by atoms with Gasteiger partial charge < -0.3 is 0 Å². The van der Waals surface area contributed by atoms with Crippen molar-refractivity contribution < 1.29 is 0 Å². The summed E-state index contributed by atoms with van der Waals surface area (Å²) in [4.78, 5) is 4.24. The van der Waals surface area contributed by atoms with Gasteiger partial charge in [0.05, 0.1) is 0 Å². The van der Waals surface area contributed by atoms with Gasteiger partial charge in [-0.1, -0.05) is 19.9 Å². The SMILES string of the molecule is C=CCC(C)CN=CCC. The quantitative estimate of drug-likeness (QED) is 0.410. The van der Waals surface area contributed by atoms with E-state index in [1.807, 2.05) is 12.3 Å². The lowest BCUT2D eigenvalue weighted by Gasteiger charge is -2.01. The molecule has 0 aliphatic heterocycles. The van der Waals surface area contributed by atoms with Crippen LogP contribution in [0.15, 0.2) is 17.6 Å². The van der Waals surface area contributed by atoms with Crippen molar-refractivity contribution in [1.29, 1.82) is 0 Å². The van der Waals surface area contributed by atoms with Crippen LogP contribution in [-0.2, 0) is 0 Å². The van der Waals surface area contributed by atoms with E-state index in [4.69, 9.17) is 0 Å². The zero-order valence-corrected chi connectivity index (χ0v) is 7.01. The van der Waals surface area contributed by atoms with Crippen LogP contribution in [0.3, 0.4) is 0 Å². The van der Waals surface area contributed by atoms with E-state index >= 15 is 0 Å². The molecular formula is C9H17N. The van der Waals surface area contributed by atoms with Gasteiger partial charge in [-0.15, -0.1) is 6.58 Å². The number of nitrogens with zero attached hydrogens (tertiary/aromatic N) is 1. The molecule has 1 heteroatoms. The lowest BCUT2D eigenvalue weighted by atomic mass is 10.1. The summed E-state index contributed by atoms with van der Waals surface area (Å²) in [6.45, 7) is 8.91. The van der Waals surface area contributed by atoms with E-state index in [0.29, 0.717) is 5.92 Å². The summed E-state index contributed by atoms with van der Waals surface area (Å²) >= 11 is 0. The molecule has 0 aromatic heterocycles. The molecule has 0 spiro atoms. The zero-order chi connectivity index (χ0) is 7.82. The minimum atomic E-state index is 0.653. The summed E-state index contributed by atoms with van der Waals surface area (Å²) in [5.41, 5.74) is 0. The molecule has 0 saturated heterocycles. The molecule has 1 atom stereocenters. The highest BCUT2D eigenvalue weighted by Gasteiger charge is 1.94. The van der Waals surface area contributed by atoms with Crippen LogP contribution < -0.4 is 0 Å². The Kier molecular flexibility index (Phi) is 6.14. The molecule has 0 N–H and O–H groups in total. The average Bonchev–Trinajstić information content (AvgIpc) is 1.89. The molecule has 0 amide bonds. The lowest BCUT2D eigenvalue weighted by Crippen LogP contribution is -1.96. The van der Waals surface area contributed by atoms with Gasteiger partial charge in [0.15, 0.2) is 0 Å². The second kappa shape index (κ2) is 6.53. The summed E-state index contributed by atoms with van der Waals surface area (Å²) < 4.78 is 0. The maximum Gasteiger partial charge on any atom is 0.0413 e. The van der Waals surface area contributed by atoms with Gasteiger partial charge in [-0.3, -0.25) is 4.99 Å². The molecule has 0 rings (SSSR count). The molecule has 0 bridgehead atoms. The van der Waals surface area contributed by atoms with Gasteiger partial charge in [-0.05, 0) is 25.0 Å². The Morgan fingerprint density at radius 3 is 2.80 bits per heavy atom. The lowest BCUT2D eigenvalue weighted by molar-refractivity contribution is 0.608. The van der Waals surface area contributed by atoms with Crippen LogP contribution in [0, 0.1) is 5.92 Å². The largest absolute Gasteiger partial charge is 0.297 e. The number of rotatable bonds is 5. The minimum absolute atomic E-state index is 0.653. The first kappa shape index (κ1) is 9.41. The normalized spacial score (nSPS) is 13.8. The Bertz CT molecular complexity index is 105. The van der Waals surface area contributed by atoms with Crippen LogP contribution in [0.4, 0.5) is 0 Å². The third-order valence-electron chi connectivity index (χ3n) is 1.30. The molecule has 0 aliphatic rings. The van der Waals surface area contributed by atoms with Gasteiger partial charge in [0.2, 0.25) is 0 Å². The second-order valence-corrected chi connectivity index (χ2v) is 2.59. The Balaban J connectivity index is 3.28. The predicted molar refractivity (Wildman–Crippen MR) is 47.6 cm³/mol. The third kappa shape index (κ3) is 5.54. The van der Waals surface area contributed by atoms with Gasteiger partial charge in [-0.25, -0.2) is 0 Å². The number of hydrogen-bond donors (Lipinski definition) is 0. The summed E-state index contributed by atoms with van der Waals surface area (Å²) in [6.07, 6.45) is 6.04. The molecule has 1 unspecified atom stereocenters. The van der Waals surface area contributed by atoms with E-state index in [1.165, 1.54) is 0 Å². The maximum atomic E-state index is 4.24. The van der Waals surface area contributed by atoms with Crippen LogP contribution in [-0.4, -0.2) is 12.8 Å². The van der Waals surface area contributed by atoms with E-state index in [1.54, 1.807) is 0 Å². The molecule has 0 aliphatic carbocycles. The maximum absolute atomic E-state index is 4.24. The molecule has 0 aromatic rings. The van der Waals surface area contributed by atoms with E-state index in [-0.39, 0.29) is 0 Å². The fourth-order valence-electron chi connectivity index (χ4n) is 0.743. The fraction of sp³-hybridized carbons (Fsp3) is 0.667. The molecule has 0 radical (unpaired) electrons. The number of aliphatic imine (C=N–C) groups is 1. The highest BCUT2D eigenvalue weighted by molar-refractivity contribution is 5.56. The summed E-state index contributed by atoms with van der Waals surface area (Å²) in [5, 5.41) is 0. The zero-order valence-electron chi connectivity index (χ0n) is 7.01. The number of allylic oxidation sites excluding steroid dienone is 1. The third-order valence-corrected chi connectivity index (χ3v) is 1.30. The van der Waals surface area contributed by atoms with Gasteiger partial charge in [0.1, 0.15) is 0 Å². The van der Waals surface area contributed by atoms with Crippen molar-refractivity contribution in [3.8, 4) is 0 Å². The van der Waals surface area contributed by atoms with E-state index in [0.717, 1.165) is 19.4 Å². The summed E-state index contributed by atoms with van der Waals surface area (Å²) in [6, 6.07) is 0. The van der Waals surface area contributed by atoms with Gasteiger partial charge in [0, 0.05) is 6.54 Å². The Hall–Kier alpha value is -0.590. The monoisotopic (exact) mass is 139 g/mol. The molecule has 58 valence electrons. The van der Waals surface area contributed by atoms with Crippen molar-refractivity contribution in [1.82, 2.24) is 0 Å². The van der Waals surface area contributed by atoms with Crippen LogP contribution in [0.5, 0.6) is 0 Å². The van der Waals surface area contributed by atoms with Crippen molar-refractivity contribution in [2.75, 3.05) is 6.54 Å². The molecule has 0 heterocycles. The van der Waals surface area contributed by atoms with E-state index in [9.17, 15) is 0 Å². The topological polar surface area (TPSA) is 12.4 Å². The molecular weight excluding hydrogens is 122 g/mol. The molecule has 0 aromatic carbocycles. The molecule has 1 nitrogen and oxygen atoms in total. The van der Waals surface area contributed by atoms with Crippen molar-refractivity contribution in [3.05, 3.63) is 12.7 Å². The first-order valence-corrected chi connectivity index (χ1v) is 3.90. The smallest absolute Gasteiger partial charge is 0.0413 e. The average molecular weight is 139 g/mol. The van der Waals surface area contributed by atoms with E-state index in [2.05, 4.69) is 25.4 Å². The summed E-state index contributed by atoms with van der Waals surface area (Å²) in [7, 11) is 0. The predicted octanol–water partition coefficient (Wildman–Crippen LogP) is 2.68. The van der Waals surface area contributed by atoms with Crippen LogP contribution in [0.1, 0.15) is 26.7 Å². The second-order valence-electron chi connectivity index (χ2n) is 2.59. The van der Waals surface area contributed by atoms with Crippen LogP contribution >= 0.6 is 0 Å². The van der Waals surface area contributed by atoms with Gasteiger partial charge in [0.25, 0.3) is 0 Å². The summed E-state index contributed by atoms with van der Waals surface area (Å²) in [5.74, 6) is 0.653.